The number of rotatable bonds is 6. The van der Waals surface area contributed by atoms with Crippen LogP contribution in [0.1, 0.15) is 35.8 Å². The number of sulfonamides is 1. The Balaban J connectivity index is 1.83. The van der Waals surface area contributed by atoms with Crippen molar-refractivity contribution in [3.8, 4) is 11.1 Å². The van der Waals surface area contributed by atoms with Gasteiger partial charge in [0.15, 0.2) is 0 Å². The first-order chi connectivity index (χ1) is 17.0. The Bertz CT molecular complexity index is 1670. The molecule has 3 atom stereocenters. The Morgan fingerprint density at radius 3 is 2.67 bits per heavy atom. The van der Waals surface area contributed by atoms with E-state index in [1.165, 1.54) is 10.8 Å². The molecule has 5 rings (SSSR count). The molecule has 0 saturated heterocycles. The lowest BCUT2D eigenvalue weighted by atomic mass is 9.92. The summed E-state index contributed by atoms with van der Waals surface area (Å²) in [7, 11) is -3.96. The molecule has 188 valence electrons. The third kappa shape index (κ3) is 4.53. The van der Waals surface area contributed by atoms with Crippen molar-refractivity contribution in [3.05, 3.63) is 80.3 Å². The average Bonchev–Trinajstić information content (AvgIpc) is 3.45. The number of hydrogen-bond acceptors (Lipinski definition) is 4. The van der Waals surface area contributed by atoms with Crippen LogP contribution in [0.25, 0.3) is 23.3 Å². The van der Waals surface area contributed by atoms with E-state index in [0.29, 0.717) is 28.8 Å². The SMILES string of the molecule is C[C@@H]1C[C@@H]1C1C=c2c(-c3ccc[nH]c3=O)c(C(=O)NS(C)(=O)=O)n(Cc3cc(F)ccc3F)c2=CC1. The zero-order valence-electron chi connectivity index (χ0n) is 19.7. The molecule has 0 aliphatic heterocycles. The van der Waals surface area contributed by atoms with Crippen molar-refractivity contribution >= 4 is 28.1 Å². The summed E-state index contributed by atoms with van der Waals surface area (Å²) >= 11 is 0. The normalized spacial score (nSPS) is 20.7. The second kappa shape index (κ2) is 8.85. The molecule has 2 aliphatic carbocycles. The minimum atomic E-state index is -3.96. The van der Waals surface area contributed by atoms with Gasteiger partial charge in [-0.2, -0.15) is 0 Å². The lowest BCUT2D eigenvalue weighted by molar-refractivity contribution is 0.0973. The minimum absolute atomic E-state index is 0.0129. The van der Waals surface area contributed by atoms with Crippen LogP contribution in [0.3, 0.4) is 0 Å². The van der Waals surface area contributed by atoms with E-state index in [1.54, 1.807) is 12.1 Å². The van der Waals surface area contributed by atoms with Gasteiger partial charge in [-0.1, -0.05) is 19.1 Å². The maximum absolute atomic E-state index is 14.7. The molecule has 2 heterocycles. The summed E-state index contributed by atoms with van der Waals surface area (Å²) in [6.45, 7) is 1.93. The summed E-state index contributed by atoms with van der Waals surface area (Å²) in [6.07, 6.45) is 8.01. The number of amides is 1. The van der Waals surface area contributed by atoms with Crippen LogP contribution in [0.5, 0.6) is 0 Å². The van der Waals surface area contributed by atoms with Crippen LogP contribution < -0.4 is 20.8 Å². The molecule has 2 aliphatic rings. The number of aromatic nitrogens is 2. The van der Waals surface area contributed by atoms with Crippen LogP contribution in [0.4, 0.5) is 8.78 Å². The summed E-state index contributed by atoms with van der Waals surface area (Å²) in [4.78, 5) is 28.9. The van der Waals surface area contributed by atoms with E-state index in [9.17, 15) is 26.8 Å². The molecule has 0 radical (unpaired) electrons. The van der Waals surface area contributed by atoms with Gasteiger partial charge in [-0.15, -0.1) is 0 Å². The smallest absolute Gasteiger partial charge is 0.282 e. The summed E-state index contributed by atoms with van der Waals surface area (Å²) in [5.74, 6) is -1.07. The minimum Gasteiger partial charge on any atom is -0.332 e. The average molecular weight is 514 g/mol. The fraction of sp³-hybridized carbons (Fsp3) is 0.308. The molecule has 0 bridgehead atoms. The van der Waals surface area contributed by atoms with Gasteiger partial charge < -0.3 is 9.55 Å². The van der Waals surface area contributed by atoms with Gasteiger partial charge in [0, 0.05) is 33.5 Å². The number of benzene rings is 1. The van der Waals surface area contributed by atoms with Gasteiger partial charge in [-0.3, -0.25) is 9.59 Å². The lowest BCUT2D eigenvalue weighted by Gasteiger charge is -2.14. The molecule has 1 aromatic carbocycles. The Morgan fingerprint density at radius 1 is 1.25 bits per heavy atom. The van der Waals surface area contributed by atoms with Gasteiger partial charge >= 0.3 is 0 Å². The predicted molar refractivity (Wildman–Crippen MR) is 132 cm³/mol. The van der Waals surface area contributed by atoms with E-state index in [0.717, 1.165) is 30.9 Å². The van der Waals surface area contributed by atoms with E-state index in [2.05, 4.69) is 11.9 Å². The number of aromatic amines is 1. The zero-order valence-corrected chi connectivity index (χ0v) is 20.5. The highest BCUT2D eigenvalue weighted by molar-refractivity contribution is 7.89. The third-order valence-corrected chi connectivity index (χ3v) is 7.50. The van der Waals surface area contributed by atoms with Crippen LogP contribution in [0.15, 0.2) is 41.3 Å². The zero-order chi connectivity index (χ0) is 25.8. The molecule has 0 spiro atoms. The molecule has 2 aromatic heterocycles. The van der Waals surface area contributed by atoms with Crippen molar-refractivity contribution in [1.82, 2.24) is 14.3 Å². The van der Waals surface area contributed by atoms with Crippen molar-refractivity contribution in [2.75, 3.05) is 6.26 Å². The highest BCUT2D eigenvalue weighted by Gasteiger charge is 2.39. The van der Waals surface area contributed by atoms with E-state index in [1.807, 2.05) is 16.9 Å². The Morgan fingerprint density at radius 2 is 2.00 bits per heavy atom. The first-order valence-corrected chi connectivity index (χ1v) is 13.5. The summed E-state index contributed by atoms with van der Waals surface area (Å²) in [5, 5.41) is 1.16. The number of H-pyrrole nitrogens is 1. The second-order valence-corrected chi connectivity index (χ2v) is 11.4. The van der Waals surface area contributed by atoms with E-state index in [-0.39, 0.29) is 34.8 Å². The molecule has 10 heteroatoms. The van der Waals surface area contributed by atoms with Gasteiger partial charge in [-0.05, 0) is 60.9 Å². The number of carbonyl (C=O) groups is 1. The summed E-state index contributed by atoms with van der Waals surface area (Å²) in [5.41, 5.74) is -0.138. The monoisotopic (exact) mass is 513 g/mol. The quantitative estimate of drug-likeness (QED) is 0.527. The maximum atomic E-state index is 14.7. The highest BCUT2D eigenvalue weighted by Crippen LogP contribution is 2.46. The van der Waals surface area contributed by atoms with Gasteiger partial charge in [0.05, 0.1) is 12.8 Å². The van der Waals surface area contributed by atoms with Crippen LogP contribution in [0.2, 0.25) is 0 Å². The lowest BCUT2D eigenvalue weighted by Crippen LogP contribution is -2.36. The maximum Gasteiger partial charge on any atom is 0.282 e. The number of fused-ring (bicyclic) bond motifs is 1. The molecule has 1 amide bonds. The second-order valence-electron chi connectivity index (χ2n) is 9.61. The van der Waals surface area contributed by atoms with Gasteiger partial charge in [0.25, 0.3) is 11.5 Å². The van der Waals surface area contributed by atoms with Crippen molar-refractivity contribution < 1.29 is 22.0 Å². The van der Waals surface area contributed by atoms with Gasteiger partial charge in [0.1, 0.15) is 17.3 Å². The largest absolute Gasteiger partial charge is 0.332 e. The number of nitrogens with one attached hydrogen (secondary N) is 2. The van der Waals surface area contributed by atoms with Crippen molar-refractivity contribution in [3.63, 3.8) is 0 Å². The highest BCUT2D eigenvalue weighted by atomic mass is 32.2. The predicted octanol–water partition coefficient (Wildman–Crippen LogP) is 2.10. The first-order valence-electron chi connectivity index (χ1n) is 11.6. The molecular formula is C26H25F2N3O4S. The Hall–Kier alpha value is -3.53. The van der Waals surface area contributed by atoms with Crippen LogP contribution in [-0.2, 0) is 16.6 Å². The van der Waals surface area contributed by atoms with E-state index < -0.39 is 33.1 Å². The number of pyridine rings is 1. The van der Waals surface area contributed by atoms with E-state index >= 15 is 0 Å². The fourth-order valence-corrected chi connectivity index (χ4v) is 5.60. The molecule has 1 saturated carbocycles. The van der Waals surface area contributed by atoms with Gasteiger partial charge in [0.2, 0.25) is 10.0 Å². The Kier molecular flexibility index (Phi) is 5.94. The number of halogens is 2. The summed E-state index contributed by atoms with van der Waals surface area (Å²) in [6, 6.07) is 6.20. The fourth-order valence-electron chi connectivity index (χ4n) is 5.16. The first kappa shape index (κ1) is 24.2. The van der Waals surface area contributed by atoms with Crippen LogP contribution in [0, 0.1) is 29.4 Å². The van der Waals surface area contributed by atoms with Crippen molar-refractivity contribution in [2.45, 2.75) is 26.3 Å². The standard InChI is InChI=1S/C26H25F2N3O4S/c1-14-10-19(14)15-5-8-22-20(12-15)23(18-4-3-9-29-25(18)32)24(26(33)30-36(2,34)35)31(22)13-16-11-17(27)6-7-21(16)28/h3-4,6-9,11-12,14-15,19H,5,10,13H2,1-2H3,(H,29,32)(H,30,33)/t14-,15?,19+/m1/s1. The van der Waals surface area contributed by atoms with Crippen LogP contribution >= 0.6 is 0 Å². The van der Waals surface area contributed by atoms with E-state index in [4.69, 9.17) is 0 Å². The van der Waals surface area contributed by atoms with Crippen molar-refractivity contribution in [1.29, 1.82) is 0 Å². The summed E-state index contributed by atoms with van der Waals surface area (Å²) < 4.78 is 56.1. The molecular weight excluding hydrogens is 488 g/mol. The molecule has 36 heavy (non-hydrogen) atoms. The number of hydrogen-bond donors (Lipinski definition) is 2. The molecule has 3 aromatic rings. The molecule has 2 N–H and O–H groups in total. The molecule has 7 nitrogen and oxygen atoms in total. The number of nitrogens with zero attached hydrogens (tertiary/aromatic N) is 1. The third-order valence-electron chi connectivity index (χ3n) is 6.95. The van der Waals surface area contributed by atoms with Crippen LogP contribution in [-0.4, -0.2) is 30.1 Å². The van der Waals surface area contributed by atoms with Crippen molar-refractivity contribution in [2.24, 2.45) is 17.8 Å². The molecule has 1 fully saturated rings. The Labute approximate surface area is 206 Å². The number of carbonyl (C=O) groups excluding carboxylic acids is 1. The van der Waals surface area contributed by atoms with Gasteiger partial charge in [-0.25, -0.2) is 21.9 Å². The molecule has 1 unspecified atom stereocenters. The topological polar surface area (TPSA) is 101 Å².